The first-order valence-corrected chi connectivity index (χ1v) is 11.5. The standard InChI is InChI=1S/C20H22N2OS3/c1-5-22-17-10-9-15(24-4)12-18(17)26-20(22)21-19(23)14-7-6-8-16(11-14)25-13(2)3/h6-13H,5H2,1-4H3. The predicted molar refractivity (Wildman–Crippen MR) is 115 cm³/mol. The van der Waals surface area contributed by atoms with Crippen molar-refractivity contribution in [3.63, 3.8) is 0 Å². The van der Waals surface area contributed by atoms with Gasteiger partial charge in [0.15, 0.2) is 4.80 Å². The summed E-state index contributed by atoms with van der Waals surface area (Å²) in [6.07, 6.45) is 2.07. The Bertz CT molecular complexity index is 1000. The van der Waals surface area contributed by atoms with Gasteiger partial charge in [-0.05, 0) is 49.6 Å². The van der Waals surface area contributed by atoms with E-state index in [1.54, 1.807) is 34.9 Å². The molecule has 0 saturated carbocycles. The Morgan fingerprint density at radius 3 is 2.69 bits per heavy atom. The summed E-state index contributed by atoms with van der Waals surface area (Å²) in [5.41, 5.74) is 1.77. The van der Waals surface area contributed by atoms with Crippen molar-refractivity contribution in [2.45, 2.75) is 42.4 Å². The van der Waals surface area contributed by atoms with E-state index < -0.39 is 0 Å². The summed E-state index contributed by atoms with van der Waals surface area (Å²) >= 11 is 5.05. The number of carbonyl (C=O) groups is 1. The van der Waals surface area contributed by atoms with Gasteiger partial charge in [0, 0.05) is 27.1 Å². The highest BCUT2D eigenvalue weighted by molar-refractivity contribution is 8.00. The third kappa shape index (κ3) is 4.24. The van der Waals surface area contributed by atoms with Gasteiger partial charge in [0.05, 0.1) is 10.2 Å². The zero-order valence-electron chi connectivity index (χ0n) is 15.4. The largest absolute Gasteiger partial charge is 0.317 e. The number of rotatable bonds is 5. The van der Waals surface area contributed by atoms with Gasteiger partial charge in [-0.2, -0.15) is 4.99 Å². The van der Waals surface area contributed by atoms with E-state index in [4.69, 9.17) is 0 Å². The third-order valence-electron chi connectivity index (χ3n) is 3.86. The lowest BCUT2D eigenvalue weighted by Gasteiger charge is -2.05. The zero-order chi connectivity index (χ0) is 18.7. The molecule has 0 aliphatic carbocycles. The number of fused-ring (bicyclic) bond motifs is 1. The second-order valence-electron chi connectivity index (χ2n) is 6.07. The third-order valence-corrected chi connectivity index (χ3v) is 6.62. The Morgan fingerprint density at radius 1 is 1.19 bits per heavy atom. The summed E-state index contributed by atoms with van der Waals surface area (Å²) in [7, 11) is 0. The van der Waals surface area contributed by atoms with E-state index in [2.05, 4.69) is 54.8 Å². The minimum atomic E-state index is -0.185. The fraction of sp³-hybridized carbons (Fsp3) is 0.300. The van der Waals surface area contributed by atoms with Gasteiger partial charge in [0.1, 0.15) is 0 Å². The van der Waals surface area contributed by atoms with E-state index in [1.165, 1.54) is 4.90 Å². The Kier molecular flexibility index (Phi) is 6.27. The molecular formula is C20H22N2OS3. The highest BCUT2D eigenvalue weighted by atomic mass is 32.2. The second-order valence-corrected chi connectivity index (χ2v) is 9.61. The quantitative estimate of drug-likeness (QED) is 0.514. The molecular weight excluding hydrogens is 380 g/mol. The van der Waals surface area contributed by atoms with Crippen LogP contribution in [0.3, 0.4) is 0 Å². The van der Waals surface area contributed by atoms with Gasteiger partial charge < -0.3 is 4.57 Å². The van der Waals surface area contributed by atoms with Crippen molar-refractivity contribution in [1.82, 2.24) is 4.57 Å². The van der Waals surface area contributed by atoms with Crippen molar-refractivity contribution in [1.29, 1.82) is 0 Å². The van der Waals surface area contributed by atoms with Gasteiger partial charge in [-0.15, -0.1) is 23.5 Å². The van der Waals surface area contributed by atoms with Crippen molar-refractivity contribution in [3.8, 4) is 0 Å². The number of carbonyl (C=O) groups excluding carboxylic acids is 1. The molecule has 1 aromatic heterocycles. The molecule has 0 bridgehead atoms. The second kappa shape index (κ2) is 8.46. The number of hydrogen-bond acceptors (Lipinski definition) is 4. The van der Waals surface area contributed by atoms with Gasteiger partial charge in [0.25, 0.3) is 5.91 Å². The molecule has 0 saturated heterocycles. The number of thioether (sulfide) groups is 2. The summed E-state index contributed by atoms with van der Waals surface area (Å²) in [5.74, 6) is -0.185. The number of amides is 1. The topological polar surface area (TPSA) is 34.4 Å². The SMILES string of the molecule is CCn1c(=NC(=O)c2cccc(SC(C)C)c2)sc2cc(SC)ccc21. The fourth-order valence-corrected chi connectivity index (χ4v) is 5.24. The van der Waals surface area contributed by atoms with Crippen LogP contribution in [0.25, 0.3) is 10.2 Å². The molecule has 3 aromatic rings. The van der Waals surface area contributed by atoms with E-state index in [-0.39, 0.29) is 5.91 Å². The smallest absolute Gasteiger partial charge is 0.279 e. The lowest BCUT2D eigenvalue weighted by atomic mass is 10.2. The fourth-order valence-electron chi connectivity index (χ4n) is 2.70. The Labute approximate surface area is 166 Å². The molecule has 0 spiro atoms. The van der Waals surface area contributed by atoms with E-state index in [0.29, 0.717) is 10.8 Å². The molecule has 0 N–H and O–H groups in total. The Morgan fingerprint density at radius 2 is 2.00 bits per heavy atom. The molecule has 3 nitrogen and oxygen atoms in total. The summed E-state index contributed by atoms with van der Waals surface area (Å²) in [6.45, 7) is 7.16. The van der Waals surface area contributed by atoms with Crippen molar-refractivity contribution >= 4 is 51.0 Å². The lowest BCUT2D eigenvalue weighted by Crippen LogP contribution is -2.15. The van der Waals surface area contributed by atoms with Crippen LogP contribution in [0.1, 0.15) is 31.1 Å². The molecule has 0 fully saturated rings. The van der Waals surface area contributed by atoms with E-state index >= 15 is 0 Å². The van der Waals surface area contributed by atoms with Crippen LogP contribution in [0.5, 0.6) is 0 Å². The minimum Gasteiger partial charge on any atom is -0.317 e. The van der Waals surface area contributed by atoms with Crippen LogP contribution < -0.4 is 4.80 Å². The minimum absolute atomic E-state index is 0.185. The van der Waals surface area contributed by atoms with Crippen LogP contribution in [0.2, 0.25) is 0 Å². The molecule has 0 radical (unpaired) electrons. The summed E-state index contributed by atoms with van der Waals surface area (Å²) < 4.78 is 3.27. The van der Waals surface area contributed by atoms with Crippen LogP contribution in [-0.4, -0.2) is 22.0 Å². The van der Waals surface area contributed by atoms with Crippen molar-refractivity contribution in [2.24, 2.45) is 4.99 Å². The van der Waals surface area contributed by atoms with Gasteiger partial charge in [-0.3, -0.25) is 4.79 Å². The number of hydrogen-bond donors (Lipinski definition) is 0. The van der Waals surface area contributed by atoms with Crippen molar-refractivity contribution in [2.75, 3.05) is 6.26 Å². The maximum absolute atomic E-state index is 12.7. The normalized spacial score (nSPS) is 12.3. The number of thiazole rings is 1. The number of aromatic nitrogens is 1. The Hall–Kier alpha value is -1.50. The van der Waals surface area contributed by atoms with Crippen LogP contribution in [0, 0.1) is 0 Å². The zero-order valence-corrected chi connectivity index (χ0v) is 17.8. The molecule has 6 heteroatoms. The predicted octanol–water partition coefficient (Wildman–Crippen LogP) is 5.69. The first kappa shape index (κ1) is 19.3. The van der Waals surface area contributed by atoms with E-state index in [0.717, 1.165) is 26.5 Å². The summed E-state index contributed by atoms with van der Waals surface area (Å²) in [4.78, 5) is 20.3. The number of benzene rings is 2. The Balaban J connectivity index is 2.02. The average Bonchev–Trinajstić information content (AvgIpc) is 2.97. The molecule has 26 heavy (non-hydrogen) atoms. The van der Waals surface area contributed by atoms with Crippen molar-refractivity contribution < 1.29 is 4.79 Å². The highest BCUT2D eigenvalue weighted by Gasteiger charge is 2.10. The van der Waals surface area contributed by atoms with Gasteiger partial charge >= 0.3 is 0 Å². The average molecular weight is 403 g/mol. The van der Waals surface area contributed by atoms with Gasteiger partial charge in [-0.1, -0.05) is 31.3 Å². The van der Waals surface area contributed by atoms with Gasteiger partial charge in [-0.25, -0.2) is 0 Å². The van der Waals surface area contributed by atoms with Crippen LogP contribution in [0.4, 0.5) is 0 Å². The van der Waals surface area contributed by atoms with Crippen LogP contribution in [-0.2, 0) is 6.54 Å². The molecule has 2 aromatic carbocycles. The highest BCUT2D eigenvalue weighted by Crippen LogP contribution is 2.25. The molecule has 1 amide bonds. The first-order valence-electron chi connectivity index (χ1n) is 8.55. The van der Waals surface area contributed by atoms with Crippen molar-refractivity contribution in [3.05, 3.63) is 52.8 Å². The van der Waals surface area contributed by atoms with Crippen LogP contribution in [0.15, 0.2) is 57.2 Å². The van der Waals surface area contributed by atoms with Gasteiger partial charge in [0.2, 0.25) is 0 Å². The van der Waals surface area contributed by atoms with E-state index in [9.17, 15) is 4.79 Å². The summed E-state index contributed by atoms with van der Waals surface area (Å²) in [5, 5.41) is 0.479. The van der Waals surface area contributed by atoms with Crippen LogP contribution >= 0.6 is 34.9 Å². The lowest BCUT2D eigenvalue weighted by molar-refractivity contribution is 0.0997. The molecule has 1 heterocycles. The first-order chi connectivity index (χ1) is 12.5. The maximum atomic E-state index is 12.7. The molecule has 0 aliphatic heterocycles. The summed E-state index contributed by atoms with van der Waals surface area (Å²) in [6, 6.07) is 14.1. The molecule has 0 atom stereocenters. The molecule has 3 rings (SSSR count). The molecule has 136 valence electrons. The monoisotopic (exact) mass is 402 g/mol. The molecule has 0 aliphatic rings. The maximum Gasteiger partial charge on any atom is 0.279 e. The molecule has 0 unspecified atom stereocenters. The van der Waals surface area contributed by atoms with E-state index in [1.807, 2.05) is 24.3 Å². The number of nitrogens with zero attached hydrogens (tertiary/aromatic N) is 2. The number of aryl methyl sites for hydroxylation is 1.